The fourth-order valence-electron chi connectivity index (χ4n) is 3.38. The zero-order chi connectivity index (χ0) is 7.97. The monoisotopic (exact) mass is 160 g/mol. The highest BCUT2D eigenvalue weighted by atomic mass is 14.4. The van der Waals surface area contributed by atoms with Crippen LogP contribution in [0.15, 0.2) is 24.3 Å². The number of allylic oxidation sites excluding steroid dienone is 4. The van der Waals surface area contributed by atoms with Crippen LogP contribution in [0.5, 0.6) is 0 Å². The lowest BCUT2D eigenvalue weighted by molar-refractivity contribution is 0.143. The first kappa shape index (κ1) is 6.94. The van der Waals surface area contributed by atoms with E-state index in [9.17, 15) is 0 Å². The molecular formula is C12H16. The van der Waals surface area contributed by atoms with E-state index >= 15 is 0 Å². The van der Waals surface area contributed by atoms with Gasteiger partial charge < -0.3 is 0 Å². The van der Waals surface area contributed by atoms with Gasteiger partial charge in [0.25, 0.3) is 0 Å². The van der Waals surface area contributed by atoms with E-state index in [1.54, 1.807) is 0 Å². The summed E-state index contributed by atoms with van der Waals surface area (Å²) in [6, 6.07) is 0. The number of hydrogen-bond acceptors (Lipinski definition) is 0. The van der Waals surface area contributed by atoms with Crippen molar-refractivity contribution in [3.05, 3.63) is 24.3 Å². The Morgan fingerprint density at radius 3 is 2.42 bits per heavy atom. The van der Waals surface area contributed by atoms with Gasteiger partial charge in [-0.2, -0.15) is 0 Å². The summed E-state index contributed by atoms with van der Waals surface area (Å²) in [7, 11) is 0. The average molecular weight is 160 g/mol. The zero-order valence-corrected chi connectivity index (χ0v) is 7.45. The Morgan fingerprint density at radius 1 is 0.833 bits per heavy atom. The van der Waals surface area contributed by atoms with Gasteiger partial charge in [0, 0.05) is 0 Å². The molecule has 0 amide bonds. The van der Waals surface area contributed by atoms with E-state index in [-0.39, 0.29) is 0 Å². The quantitative estimate of drug-likeness (QED) is 0.477. The molecule has 0 radical (unpaired) electrons. The summed E-state index contributed by atoms with van der Waals surface area (Å²) in [6.45, 7) is 0. The molecule has 0 unspecified atom stereocenters. The van der Waals surface area contributed by atoms with E-state index in [0.717, 1.165) is 23.7 Å². The minimum atomic E-state index is 0.900. The SMILES string of the molecule is C1=C[C@H]2[C@H](CC1)[C@H]1C=C[C@H]2CC1. The standard InChI is InChI=1S/C12H16/c1-2-4-12-10-7-5-9(6-8-10)11(12)3-1/h1,3,5,7,9-12H,2,4,6,8H2/t9-,10-,11+,12+/m0/s1. The molecule has 1 fully saturated rings. The van der Waals surface area contributed by atoms with Crippen LogP contribution in [0, 0.1) is 23.7 Å². The van der Waals surface area contributed by atoms with E-state index in [2.05, 4.69) is 24.3 Å². The number of hydrogen-bond donors (Lipinski definition) is 0. The molecule has 0 N–H and O–H groups in total. The van der Waals surface area contributed by atoms with Crippen molar-refractivity contribution in [3.8, 4) is 0 Å². The first-order valence-electron chi connectivity index (χ1n) is 5.30. The molecular weight excluding hydrogens is 144 g/mol. The maximum atomic E-state index is 2.49. The van der Waals surface area contributed by atoms with Crippen molar-refractivity contribution < 1.29 is 0 Å². The smallest absolute Gasteiger partial charge is 0.0136 e. The van der Waals surface area contributed by atoms with Crippen LogP contribution in [-0.2, 0) is 0 Å². The van der Waals surface area contributed by atoms with Gasteiger partial charge in [-0.3, -0.25) is 0 Å². The first-order valence-corrected chi connectivity index (χ1v) is 5.30. The third-order valence-corrected chi connectivity index (χ3v) is 4.00. The van der Waals surface area contributed by atoms with Crippen LogP contribution >= 0.6 is 0 Å². The van der Waals surface area contributed by atoms with Gasteiger partial charge in [0.2, 0.25) is 0 Å². The Balaban J connectivity index is 1.98. The fraction of sp³-hybridized carbons (Fsp3) is 0.667. The molecule has 0 spiro atoms. The van der Waals surface area contributed by atoms with Crippen molar-refractivity contribution in [2.45, 2.75) is 25.7 Å². The number of fused-ring (bicyclic) bond motifs is 1. The molecule has 0 aliphatic heterocycles. The second kappa shape index (κ2) is 2.48. The molecule has 64 valence electrons. The summed E-state index contributed by atoms with van der Waals surface area (Å²) in [4.78, 5) is 0. The van der Waals surface area contributed by atoms with Gasteiger partial charge in [0.1, 0.15) is 0 Å². The highest BCUT2D eigenvalue weighted by Gasteiger charge is 2.39. The van der Waals surface area contributed by atoms with Crippen molar-refractivity contribution in [2.24, 2.45) is 23.7 Å². The Morgan fingerprint density at radius 2 is 1.67 bits per heavy atom. The first-order chi connectivity index (χ1) is 5.95. The van der Waals surface area contributed by atoms with Crippen molar-refractivity contribution in [1.82, 2.24) is 0 Å². The van der Waals surface area contributed by atoms with Gasteiger partial charge in [0.15, 0.2) is 0 Å². The summed E-state index contributed by atoms with van der Waals surface area (Å²) in [5.41, 5.74) is 0. The van der Waals surface area contributed by atoms with Crippen LogP contribution in [-0.4, -0.2) is 0 Å². The second-order valence-corrected chi connectivity index (χ2v) is 4.54. The van der Waals surface area contributed by atoms with Gasteiger partial charge >= 0.3 is 0 Å². The Labute approximate surface area is 74.4 Å². The van der Waals surface area contributed by atoms with E-state index in [1.807, 2.05) is 0 Å². The molecule has 0 aromatic rings. The maximum Gasteiger partial charge on any atom is -0.0136 e. The van der Waals surface area contributed by atoms with Crippen LogP contribution in [0.2, 0.25) is 0 Å². The predicted octanol–water partition coefficient (Wildman–Crippen LogP) is 3.16. The van der Waals surface area contributed by atoms with Gasteiger partial charge in [0.05, 0.1) is 0 Å². The van der Waals surface area contributed by atoms with Gasteiger partial charge in [-0.1, -0.05) is 24.3 Å². The van der Waals surface area contributed by atoms with Crippen LogP contribution in [0.25, 0.3) is 0 Å². The Kier molecular flexibility index (Phi) is 1.44. The van der Waals surface area contributed by atoms with Crippen molar-refractivity contribution in [2.75, 3.05) is 0 Å². The molecule has 1 saturated carbocycles. The average Bonchev–Trinajstić information content (AvgIpc) is 2.20. The summed E-state index contributed by atoms with van der Waals surface area (Å²) < 4.78 is 0. The normalized spacial score (nSPS) is 49.3. The molecule has 0 heterocycles. The van der Waals surface area contributed by atoms with Crippen LogP contribution in [0.3, 0.4) is 0 Å². The molecule has 12 heavy (non-hydrogen) atoms. The van der Waals surface area contributed by atoms with Crippen molar-refractivity contribution >= 4 is 0 Å². The Bertz CT molecular complexity index is 236. The predicted molar refractivity (Wildman–Crippen MR) is 50.7 cm³/mol. The molecule has 0 aromatic carbocycles. The molecule has 4 atom stereocenters. The lowest BCUT2D eigenvalue weighted by Crippen LogP contribution is -2.36. The van der Waals surface area contributed by atoms with Crippen LogP contribution < -0.4 is 0 Å². The third kappa shape index (κ3) is 0.840. The maximum absolute atomic E-state index is 2.49. The molecule has 0 saturated heterocycles. The highest BCUT2D eigenvalue weighted by Crippen LogP contribution is 2.48. The van der Waals surface area contributed by atoms with Gasteiger partial charge in [-0.15, -0.1) is 0 Å². The minimum absolute atomic E-state index is 0.900. The van der Waals surface area contributed by atoms with Gasteiger partial charge in [-0.05, 0) is 49.4 Å². The summed E-state index contributed by atoms with van der Waals surface area (Å²) in [6.07, 6.45) is 15.6. The third-order valence-electron chi connectivity index (χ3n) is 4.00. The summed E-state index contributed by atoms with van der Waals surface area (Å²) >= 11 is 0. The Hall–Kier alpha value is -0.520. The van der Waals surface area contributed by atoms with E-state index in [4.69, 9.17) is 0 Å². The summed E-state index contributed by atoms with van der Waals surface area (Å²) in [5, 5.41) is 0. The molecule has 0 heteroatoms. The lowest BCUT2D eigenvalue weighted by Gasteiger charge is -2.45. The van der Waals surface area contributed by atoms with Crippen LogP contribution in [0.1, 0.15) is 25.7 Å². The molecule has 4 aliphatic rings. The van der Waals surface area contributed by atoms with Gasteiger partial charge in [-0.25, -0.2) is 0 Å². The van der Waals surface area contributed by atoms with E-state index in [1.165, 1.54) is 25.7 Å². The molecule has 2 bridgehead atoms. The molecule has 0 aromatic heterocycles. The molecule has 4 rings (SSSR count). The second-order valence-electron chi connectivity index (χ2n) is 4.54. The molecule has 4 aliphatic carbocycles. The van der Waals surface area contributed by atoms with Crippen LogP contribution in [0.4, 0.5) is 0 Å². The fourth-order valence-corrected chi connectivity index (χ4v) is 3.38. The van der Waals surface area contributed by atoms with Crippen molar-refractivity contribution in [1.29, 1.82) is 0 Å². The highest BCUT2D eigenvalue weighted by molar-refractivity contribution is 5.16. The van der Waals surface area contributed by atoms with E-state index < -0.39 is 0 Å². The minimum Gasteiger partial charge on any atom is -0.0882 e. The molecule has 0 nitrogen and oxygen atoms in total. The lowest BCUT2D eigenvalue weighted by atomic mass is 9.60. The summed E-state index contributed by atoms with van der Waals surface area (Å²) in [5.74, 6) is 3.77. The topological polar surface area (TPSA) is 0 Å². The van der Waals surface area contributed by atoms with Crippen molar-refractivity contribution in [3.63, 3.8) is 0 Å². The zero-order valence-electron chi connectivity index (χ0n) is 7.45. The van der Waals surface area contributed by atoms with E-state index in [0.29, 0.717) is 0 Å². The number of rotatable bonds is 0. The largest absolute Gasteiger partial charge is 0.0882 e.